The maximum Gasteiger partial charge on any atom is 0.338 e. The summed E-state index contributed by atoms with van der Waals surface area (Å²) in [6, 6.07) is 4.54. The number of carbonyl (C=O) groups is 1. The Labute approximate surface area is 162 Å². The number of carbonyl (C=O) groups excluding carboxylic acids is 1. The molecule has 0 amide bonds. The average Bonchev–Trinajstić information content (AvgIpc) is 2.61. The Morgan fingerprint density at radius 3 is 2.59 bits per heavy atom. The van der Waals surface area contributed by atoms with Gasteiger partial charge in [0.1, 0.15) is 6.10 Å². The number of rotatable bonds is 4. The van der Waals surface area contributed by atoms with Crippen molar-refractivity contribution in [2.45, 2.75) is 59.5 Å². The number of hydrogen-bond donors (Lipinski definition) is 1. The van der Waals surface area contributed by atoms with Gasteiger partial charge in [0.15, 0.2) is 11.5 Å². The third-order valence-electron chi connectivity index (χ3n) is 5.29. The van der Waals surface area contributed by atoms with Crippen molar-refractivity contribution in [3.8, 4) is 11.5 Å². The van der Waals surface area contributed by atoms with Crippen LogP contribution in [0.25, 0.3) is 0 Å². The number of phenolic OH excluding ortho intramolecular Hbond substituents is 1. The van der Waals surface area contributed by atoms with E-state index < -0.39 is 5.97 Å². The maximum absolute atomic E-state index is 12.8. The zero-order chi connectivity index (χ0) is 20.0. The standard InChI is InChI=1S/C23H32O4/c1-15(2)19-11-9-16(3)7-6-8-17(4)13-21(19)27-23(25)18-10-12-20(24)22(14-18)26-5/h7,10,12-15,19,21,24H,6,8-9,11H2,1-5H3/t19-,21-/m0/s1. The molecule has 1 aliphatic carbocycles. The van der Waals surface area contributed by atoms with Crippen LogP contribution in [-0.2, 0) is 4.74 Å². The van der Waals surface area contributed by atoms with E-state index >= 15 is 0 Å². The van der Waals surface area contributed by atoms with E-state index in [-0.39, 0.29) is 23.5 Å². The molecule has 0 radical (unpaired) electrons. The first-order valence-electron chi connectivity index (χ1n) is 9.72. The molecule has 1 aromatic rings. The van der Waals surface area contributed by atoms with Gasteiger partial charge < -0.3 is 14.6 Å². The zero-order valence-electron chi connectivity index (χ0n) is 17.1. The molecule has 0 heterocycles. The third-order valence-corrected chi connectivity index (χ3v) is 5.29. The topological polar surface area (TPSA) is 55.8 Å². The minimum absolute atomic E-state index is 0.00537. The Morgan fingerprint density at radius 1 is 1.19 bits per heavy atom. The van der Waals surface area contributed by atoms with E-state index in [1.807, 2.05) is 0 Å². The van der Waals surface area contributed by atoms with Crippen LogP contribution in [0.3, 0.4) is 0 Å². The Bertz CT molecular complexity index is 715. The minimum atomic E-state index is -0.391. The fourth-order valence-corrected chi connectivity index (χ4v) is 3.52. The highest BCUT2D eigenvalue weighted by atomic mass is 16.5. The minimum Gasteiger partial charge on any atom is -0.504 e. The summed E-state index contributed by atoms with van der Waals surface area (Å²) in [5.74, 6) is 0.532. The van der Waals surface area contributed by atoms with Gasteiger partial charge in [0.25, 0.3) is 0 Å². The van der Waals surface area contributed by atoms with Crippen LogP contribution in [0, 0.1) is 11.8 Å². The van der Waals surface area contributed by atoms with Gasteiger partial charge >= 0.3 is 5.97 Å². The molecule has 0 bridgehead atoms. The van der Waals surface area contributed by atoms with E-state index in [9.17, 15) is 9.90 Å². The van der Waals surface area contributed by atoms with Gasteiger partial charge in [0, 0.05) is 5.92 Å². The summed E-state index contributed by atoms with van der Waals surface area (Å²) in [6.45, 7) is 8.65. The summed E-state index contributed by atoms with van der Waals surface area (Å²) in [6.07, 6.45) is 8.19. The molecule has 1 aromatic carbocycles. The molecule has 4 nitrogen and oxygen atoms in total. The predicted octanol–water partition coefficient (Wildman–Crippen LogP) is 5.67. The van der Waals surface area contributed by atoms with Crippen LogP contribution in [-0.4, -0.2) is 24.3 Å². The molecule has 0 saturated heterocycles. The Kier molecular flexibility index (Phi) is 7.52. The van der Waals surface area contributed by atoms with E-state index in [2.05, 4.69) is 39.8 Å². The molecule has 0 fully saturated rings. The van der Waals surface area contributed by atoms with Crippen LogP contribution in [0.1, 0.15) is 63.7 Å². The Morgan fingerprint density at radius 2 is 1.93 bits per heavy atom. The fourth-order valence-electron chi connectivity index (χ4n) is 3.52. The number of aromatic hydroxyl groups is 1. The van der Waals surface area contributed by atoms with Gasteiger partial charge in [-0.05, 0) is 69.7 Å². The molecule has 0 aromatic heterocycles. The second-order valence-electron chi connectivity index (χ2n) is 7.81. The second-order valence-corrected chi connectivity index (χ2v) is 7.81. The van der Waals surface area contributed by atoms with Crippen molar-refractivity contribution < 1.29 is 19.4 Å². The van der Waals surface area contributed by atoms with Crippen molar-refractivity contribution in [3.63, 3.8) is 0 Å². The van der Waals surface area contributed by atoms with Gasteiger partial charge in [-0.2, -0.15) is 0 Å². The number of esters is 1. The van der Waals surface area contributed by atoms with Crippen molar-refractivity contribution in [2.24, 2.45) is 11.8 Å². The highest BCUT2D eigenvalue weighted by Gasteiger charge is 2.27. The number of methoxy groups -OCH3 is 1. The van der Waals surface area contributed by atoms with Crippen LogP contribution in [0.15, 0.2) is 41.5 Å². The molecular weight excluding hydrogens is 340 g/mol. The van der Waals surface area contributed by atoms with Crippen molar-refractivity contribution in [2.75, 3.05) is 7.11 Å². The average molecular weight is 373 g/mol. The molecule has 0 saturated carbocycles. The van der Waals surface area contributed by atoms with Crippen LogP contribution in [0.5, 0.6) is 11.5 Å². The van der Waals surface area contributed by atoms with Gasteiger partial charge in [0.05, 0.1) is 12.7 Å². The quantitative estimate of drug-likeness (QED) is 0.547. The second kappa shape index (κ2) is 9.63. The SMILES string of the molecule is COc1cc(C(=O)O[C@H]2C=C(C)CCC=C(C)CC[C@H]2C(C)C)ccc1O. The van der Waals surface area contributed by atoms with Crippen molar-refractivity contribution in [1.29, 1.82) is 0 Å². The summed E-state index contributed by atoms with van der Waals surface area (Å²) >= 11 is 0. The van der Waals surface area contributed by atoms with Crippen LogP contribution < -0.4 is 4.74 Å². The number of benzene rings is 1. The molecular formula is C23H32O4. The molecule has 0 unspecified atom stereocenters. The molecule has 2 atom stereocenters. The molecule has 148 valence electrons. The molecule has 1 N–H and O–H groups in total. The molecule has 4 heteroatoms. The Hall–Kier alpha value is -2.23. The summed E-state index contributed by atoms with van der Waals surface area (Å²) in [5.41, 5.74) is 3.03. The first-order chi connectivity index (χ1) is 12.8. The predicted molar refractivity (Wildman–Crippen MR) is 108 cm³/mol. The Balaban J connectivity index is 2.27. The number of hydrogen-bond acceptors (Lipinski definition) is 4. The maximum atomic E-state index is 12.8. The lowest BCUT2D eigenvalue weighted by molar-refractivity contribution is 0.0198. The van der Waals surface area contributed by atoms with E-state index in [0.29, 0.717) is 11.5 Å². The molecule has 0 aliphatic heterocycles. The lowest BCUT2D eigenvalue weighted by Gasteiger charge is -2.29. The van der Waals surface area contributed by atoms with E-state index in [0.717, 1.165) is 25.7 Å². The highest BCUT2D eigenvalue weighted by molar-refractivity contribution is 5.90. The number of phenols is 1. The van der Waals surface area contributed by atoms with E-state index in [1.54, 1.807) is 6.07 Å². The van der Waals surface area contributed by atoms with Crippen molar-refractivity contribution in [3.05, 3.63) is 47.1 Å². The number of allylic oxidation sites excluding steroid dienone is 3. The highest BCUT2D eigenvalue weighted by Crippen LogP contribution is 2.31. The fraction of sp³-hybridized carbons (Fsp3) is 0.522. The summed E-state index contributed by atoms with van der Waals surface area (Å²) in [7, 11) is 1.46. The van der Waals surface area contributed by atoms with Crippen molar-refractivity contribution in [1.82, 2.24) is 0 Å². The van der Waals surface area contributed by atoms with E-state index in [4.69, 9.17) is 9.47 Å². The van der Waals surface area contributed by atoms with Crippen LogP contribution in [0.4, 0.5) is 0 Å². The molecule has 2 rings (SSSR count). The van der Waals surface area contributed by atoms with Crippen LogP contribution in [0.2, 0.25) is 0 Å². The van der Waals surface area contributed by atoms with Crippen molar-refractivity contribution >= 4 is 5.97 Å². The smallest absolute Gasteiger partial charge is 0.338 e. The first kappa shape index (κ1) is 21.1. The summed E-state index contributed by atoms with van der Waals surface area (Å²) < 4.78 is 11.1. The summed E-state index contributed by atoms with van der Waals surface area (Å²) in [5, 5.41) is 9.75. The van der Waals surface area contributed by atoms with Gasteiger partial charge in [-0.1, -0.05) is 31.1 Å². The first-order valence-corrected chi connectivity index (χ1v) is 9.72. The van der Waals surface area contributed by atoms with Crippen LogP contribution >= 0.6 is 0 Å². The summed E-state index contributed by atoms with van der Waals surface area (Å²) in [4.78, 5) is 12.8. The van der Waals surface area contributed by atoms with Gasteiger partial charge in [-0.15, -0.1) is 0 Å². The molecule has 0 spiro atoms. The number of ether oxygens (including phenoxy) is 2. The normalized spacial score (nSPS) is 21.3. The lowest BCUT2D eigenvalue weighted by atomic mass is 9.83. The van der Waals surface area contributed by atoms with Gasteiger partial charge in [-0.25, -0.2) is 4.79 Å². The molecule has 27 heavy (non-hydrogen) atoms. The molecule has 1 aliphatic rings. The largest absolute Gasteiger partial charge is 0.504 e. The zero-order valence-corrected chi connectivity index (χ0v) is 17.1. The third kappa shape index (κ3) is 5.88. The van der Waals surface area contributed by atoms with E-state index in [1.165, 1.54) is 30.4 Å². The lowest BCUT2D eigenvalue weighted by Crippen LogP contribution is -2.29. The van der Waals surface area contributed by atoms with Gasteiger partial charge in [-0.3, -0.25) is 0 Å². The van der Waals surface area contributed by atoms with Gasteiger partial charge in [0.2, 0.25) is 0 Å². The monoisotopic (exact) mass is 372 g/mol.